The monoisotopic (exact) mass is 504 g/mol. The quantitative estimate of drug-likeness (QED) is 0.297. The second-order valence-corrected chi connectivity index (χ2v) is 9.60. The van der Waals surface area contributed by atoms with E-state index in [-0.39, 0.29) is 17.8 Å². The Morgan fingerprint density at radius 3 is 2.65 bits per heavy atom. The van der Waals surface area contributed by atoms with E-state index in [0.29, 0.717) is 35.9 Å². The molecule has 0 aliphatic carbocycles. The molecule has 4 heterocycles. The number of amides is 2. The van der Waals surface area contributed by atoms with Crippen molar-refractivity contribution in [2.75, 3.05) is 44.3 Å². The summed E-state index contributed by atoms with van der Waals surface area (Å²) in [5, 5.41) is 8.03. The van der Waals surface area contributed by atoms with E-state index >= 15 is 0 Å². The molecule has 2 amide bonds. The summed E-state index contributed by atoms with van der Waals surface area (Å²) in [6.45, 7) is 6.41. The number of unbranched alkanes of at least 4 members (excludes halogenated alkanes) is 1. The van der Waals surface area contributed by atoms with E-state index in [1.807, 2.05) is 10.9 Å². The van der Waals surface area contributed by atoms with Crippen LogP contribution in [0.3, 0.4) is 0 Å². The molecule has 3 aromatic rings. The van der Waals surface area contributed by atoms with E-state index in [9.17, 15) is 9.59 Å². The Hall–Kier alpha value is -3.99. The number of imide groups is 1. The predicted octanol–water partition coefficient (Wildman–Crippen LogP) is 2.03. The minimum atomic E-state index is -0.214. The molecule has 2 aliphatic heterocycles. The molecule has 1 saturated heterocycles. The summed E-state index contributed by atoms with van der Waals surface area (Å²) in [5.41, 5.74) is 9.44. The SMILES string of the molecule is CCCCNc1nc(N)nc2cn(Cc3ccc(CN4CC(CN5C(=O)C=CC5=O)C4)cc3OC)nc12. The minimum absolute atomic E-state index is 0.214. The lowest BCUT2D eigenvalue weighted by molar-refractivity contribution is -0.138. The number of rotatable bonds is 11. The first-order valence-electron chi connectivity index (χ1n) is 12.6. The van der Waals surface area contributed by atoms with Crippen molar-refractivity contribution in [1.29, 1.82) is 0 Å². The zero-order valence-corrected chi connectivity index (χ0v) is 21.2. The Morgan fingerprint density at radius 1 is 1.14 bits per heavy atom. The number of carbonyl (C=O) groups excluding carboxylic acids is 2. The molecule has 194 valence electrons. The molecule has 3 N–H and O–H groups in total. The number of likely N-dealkylation sites (tertiary alicyclic amines) is 1. The fraction of sp³-hybridized carbons (Fsp3) is 0.423. The predicted molar refractivity (Wildman–Crippen MR) is 140 cm³/mol. The molecule has 0 saturated carbocycles. The van der Waals surface area contributed by atoms with E-state index in [2.05, 4.69) is 45.3 Å². The van der Waals surface area contributed by atoms with Crippen molar-refractivity contribution < 1.29 is 14.3 Å². The number of ether oxygens (including phenoxy) is 1. The van der Waals surface area contributed by atoms with Crippen LogP contribution in [-0.2, 0) is 22.7 Å². The van der Waals surface area contributed by atoms with Gasteiger partial charge in [0.2, 0.25) is 5.95 Å². The van der Waals surface area contributed by atoms with Crippen molar-refractivity contribution in [2.45, 2.75) is 32.9 Å². The highest BCUT2D eigenvalue weighted by molar-refractivity contribution is 6.12. The van der Waals surface area contributed by atoms with E-state index in [0.717, 1.165) is 55.9 Å². The fourth-order valence-electron chi connectivity index (χ4n) is 4.81. The zero-order valence-electron chi connectivity index (χ0n) is 21.2. The van der Waals surface area contributed by atoms with Gasteiger partial charge >= 0.3 is 0 Å². The number of nitrogens with two attached hydrogens (primary N) is 1. The Labute approximate surface area is 215 Å². The highest BCUT2D eigenvalue weighted by atomic mass is 16.5. The van der Waals surface area contributed by atoms with Crippen molar-refractivity contribution in [3.63, 3.8) is 0 Å². The zero-order chi connectivity index (χ0) is 25.9. The molecule has 0 atom stereocenters. The number of fused-ring (bicyclic) bond motifs is 1. The summed E-state index contributed by atoms with van der Waals surface area (Å²) in [7, 11) is 1.67. The van der Waals surface area contributed by atoms with Crippen LogP contribution in [-0.4, -0.2) is 74.7 Å². The number of nitrogen functional groups attached to an aromatic ring is 1. The molecular formula is C26H32N8O3. The average molecular weight is 505 g/mol. The molecule has 0 unspecified atom stereocenters. The summed E-state index contributed by atoms with van der Waals surface area (Å²) in [6.07, 6.45) is 6.66. The normalized spacial score (nSPS) is 16.1. The lowest BCUT2D eigenvalue weighted by Gasteiger charge is -2.40. The van der Waals surface area contributed by atoms with Gasteiger partial charge in [0.05, 0.1) is 19.9 Å². The summed E-state index contributed by atoms with van der Waals surface area (Å²) >= 11 is 0. The number of hydrogen-bond acceptors (Lipinski definition) is 9. The van der Waals surface area contributed by atoms with Crippen molar-refractivity contribution >= 4 is 34.6 Å². The van der Waals surface area contributed by atoms with Gasteiger partial charge in [0.25, 0.3) is 11.8 Å². The molecular weight excluding hydrogens is 472 g/mol. The van der Waals surface area contributed by atoms with Gasteiger partial charge in [-0.1, -0.05) is 25.5 Å². The Balaban J connectivity index is 1.22. The summed E-state index contributed by atoms with van der Waals surface area (Å²) in [5.74, 6) is 1.54. The topological polar surface area (TPSA) is 131 Å². The number of nitrogens with zero attached hydrogens (tertiary/aromatic N) is 6. The van der Waals surface area contributed by atoms with E-state index in [4.69, 9.17) is 15.6 Å². The van der Waals surface area contributed by atoms with Crippen LogP contribution in [0.2, 0.25) is 0 Å². The molecule has 11 heteroatoms. The summed E-state index contributed by atoms with van der Waals surface area (Å²) in [4.78, 5) is 35.8. The highest BCUT2D eigenvalue weighted by Crippen LogP contribution is 2.27. The van der Waals surface area contributed by atoms with E-state index in [1.165, 1.54) is 17.1 Å². The third-order valence-electron chi connectivity index (χ3n) is 6.71. The number of aromatic nitrogens is 4. The molecule has 0 spiro atoms. The molecule has 11 nitrogen and oxygen atoms in total. The molecule has 1 fully saturated rings. The maximum Gasteiger partial charge on any atom is 0.253 e. The van der Waals surface area contributed by atoms with Crippen LogP contribution in [0.4, 0.5) is 11.8 Å². The first kappa shape index (κ1) is 24.7. The van der Waals surface area contributed by atoms with Gasteiger partial charge < -0.3 is 15.8 Å². The van der Waals surface area contributed by atoms with Gasteiger partial charge in [-0.25, -0.2) is 4.98 Å². The molecule has 2 aromatic heterocycles. The Bertz CT molecular complexity index is 1330. The van der Waals surface area contributed by atoms with Gasteiger partial charge in [-0.05, 0) is 18.1 Å². The number of hydrogen-bond donors (Lipinski definition) is 2. The van der Waals surface area contributed by atoms with E-state index < -0.39 is 0 Å². The number of anilines is 2. The first-order chi connectivity index (χ1) is 17.9. The van der Waals surface area contributed by atoms with Gasteiger partial charge in [-0.2, -0.15) is 10.1 Å². The molecule has 0 radical (unpaired) electrons. The van der Waals surface area contributed by atoms with Crippen molar-refractivity contribution in [2.24, 2.45) is 5.92 Å². The average Bonchev–Trinajstić information content (AvgIpc) is 3.40. The van der Waals surface area contributed by atoms with Crippen molar-refractivity contribution in [3.8, 4) is 5.75 Å². The van der Waals surface area contributed by atoms with Gasteiger partial charge in [0, 0.05) is 56.4 Å². The third-order valence-corrected chi connectivity index (χ3v) is 6.71. The fourth-order valence-corrected chi connectivity index (χ4v) is 4.81. The lowest BCUT2D eigenvalue weighted by atomic mass is 9.98. The van der Waals surface area contributed by atoms with Gasteiger partial charge in [0.15, 0.2) is 11.3 Å². The van der Waals surface area contributed by atoms with Crippen LogP contribution in [0.1, 0.15) is 30.9 Å². The first-order valence-corrected chi connectivity index (χ1v) is 12.6. The molecule has 37 heavy (non-hydrogen) atoms. The van der Waals surface area contributed by atoms with Crippen LogP contribution in [0.15, 0.2) is 36.5 Å². The summed E-state index contributed by atoms with van der Waals surface area (Å²) < 4.78 is 7.53. The van der Waals surface area contributed by atoms with Gasteiger partial charge in [0.1, 0.15) is 11.3 Å². The second kappa shape index (κ2) is 10.6. The molecule has 2 aliphatic rings. The Kier molecular flexibility index (Phi) is 7.04. The summed E-state index contributed by atoms with van der Waals surface area (Å²) in [6, 6.07) is 6.21. The lowest BCUT2D eigenvalue weighted by Crippen LogP contribution is -2.51. The second-order valence-electron chi connectivity index (χ2n) is 9.60. The number of nitrogens with one attached hydrogen (secondary N) is 1. The van der Waals surface area contributed by atoms with E-state index in [1.54, 1.807) is 7.11 Å². The smallest absolute Gasteiger partial charge is 0.253 e. The molecule has 5 rings (SSSR count). The van der Waals surface area contributed by atoms with Crippen LogP contribution < -0.4 is 15.8 Å². The van der Waals surface area contributed by atoms with Crippen LogP contribution in [0.25, 0.3) is 11.0 Å². The van der Waals surface area contributed by atoms with Gasteiger partial charge in [-0.15, -0.1) is 0 Å². The number of benzene rings is 1. The standard InChI is InChI=1S/C26H32N8O3/c1-3-4-9-28-25-24-20(29-26(27)30-25)16-33(31-24)15-19-6-5-17(10-21(19)37-2)11-32-12-18(13-32)14-34-22(35)7-8-23(34)36/h5-8,10,16,18H,3-4,9,11-15H2,1-2H3,(H3,27,28,29,30). The maximum absolute atomic E-state index is 11.8. The van der Waals surface area contributed by atoms with Crippen molar-refractivity contribution in [3.05, 3.63) is 47.7 Å². The highest BCUT2D eigenvalue weighted by Gasteiger charge is 2.33. The maximum atomic E-state index is 11.8. The number of methoxy groups -OCH3 is 1. The van der Waals surface area contributed by atoms with Crippen LogP contribution in [0, 0.1) is 5.92 Å². The van der Waals surface area contributed by atoms with Crippen LogP contribution >= 0.6 is 0 Å². The molecule has 1 aromatic carbocycles. The Morgan fingerprint density at radius 2 is 1.92 bits per heavy atom. The van der Waals surface area contributed by atoms with Crippen molar-refractivity contribution in [1.82, 2.24) is 29.5 Å². The largest absolute Gasteiger partial charge is 0.496 e. The van der Waals surface area contributed by atoms with Gasteiger partial charge in [-0.3, -0.25) is 24.1 Å². The minimum Gasteiger partial charge on any atom is -0.496 e. The molecule has 0 bridgehead atoms. The van der Waals surface area contributed by atoms with Crippen LogP contribution in [0.5, 0.6) is 5.75 Å². The number of carbonyl (C=O) groups is 2. The third kappa shape index (κ3) is 5.41.